The van der Waals surface area contributed by atoms with E-state index in [2.05, 4.69) is 10.3 Å². The number of nitrogens with one attached hydrogen (secondary N) is 1. The first-order chi connectivity index (χ1) is 9.40. The second-order valence-corrected chi connectivity index (χ2v) is 4.41. The molecule has 0 aliphatic heterocycles. The van der Waals surface area contributed by atoms with E-state index in [1.165, 1.54) is 13.0 Å². The summed E-state index contributed by atoms with van der Waals surface area (Å²) >= 11 is 1.16. The Kier molecular flexibility index (Phi) is 5.05. The Morgan fingerprint density at radius 2 is 2.25 bits per heavy atom. The van der Waals surface area contributed by atoms with Gasteiger partial charge in [0.05, 0.1) is 16.2 Å². The van der Waals surface area contributed by atoms with E-state index in [4.69, 9.17) is 11.0 Å². The SMILES string of the molecule is CSC(=Nc1cc(C(N)=O)cc([N+](=O)[O-])c1C)NC#N. The number of nitrogens with two attached hydrogens (primary N) is 1. The number of aliphatic imine (C=N–C) groups is 1. The molecule has 20 heavy (non-hydrogen) atoms. The number of hydrogen-bond acceptors (Lipinski definition) is 6. The molecule has 0 spiro atoms. The first-order valence-corrected chi connectivity index (χ1v) is 6.49. The van der Waals surface area contributed by atoms with Crippen molar-refractivity contribution >= 4 is 34.2 Å². The lowest BCUT2D eigenvalue weighted by atomic mass is 10.1. The quantitative estimate of drug-likeness (QED) is 0.216. The topological polar surface area (TPSA) is 134 Å². The summed E-state index contributed by atoms with van der Waals surface area (Å²) in [5.41, 5.74) is 5.36. The van der Waals surface area contributed by atoms with Crippen LogP contribution < -0.4 is 11.1 Å². The lowest BCUT2D eigenvalue weighted by Gasteiger charge is -2.06. The number of nitrogens with zero attached hydrogens (tertiary/aromatic N) is 3. The molecule has 9 heteroatoms. The molecule has 0 heterocycles. The van der Waals surface area contributed by atoms with Crippen LogP contribution in [-0.2, 0) is 0 Å². The molecule has 0 radical (unpaired) electrons. The summed E-state index contributed by atoms with van der Waals surface area (Å²) in [5, 5.41) is 22.1. The molecule has 3 N–H and O–H groups in total. The number of nitro benzene ring substituents is 1. The van der Waals surface area contributed by atoms with Crippen LogP contribution in [0.1, 0.15) is 15.9 Å². The molecule has 1 amide bonds. The number of thioether (sulfide) groups is 1. The van der Waals surface area contributed by atoms with E-state index in [1.54, 1.807) is 12.4 Å². The molecule has 1 aromatic rings. The maximum Gasteiger partial charge on any atom is 0.275 e. The van der Waals surface area contributed by atoms with Gasteiger partial charge in [-0.2, -0.15) is 5.26 Å². The molecule has 0 saturated carbocycles. The van der Waals surface area contributed by atoms with Gasteiger partial charge in [-0.3, -0.25) is 20.2 Å². The average Bonchev–Trinajstić information content (AvgIpc) is 2.39. The van der Waals surface area contributed by atoms with E-state index in [0.717, 1.165) is 17.8 Å². The second-order valence-electron chi connectivity index (χ2n) is 3.62. The van der Waals surface area contributed by atoms with Gasteiger partial charge in [0.15, 0.2) is 11.4 Å². The van der Waals surface area contributed by atoms with Gasteiger partial charge in [0.1, 0.15) is 0 Å². The van der Waals surface area contributed by atoms with Crippen molar-refractivity contribution in [3.05, 3.63) is 33.4 Å². The Morgan fingerprint density at radius 1 is 1.60 bits per heavy atom. The first kappa shape index (κ1) is 15.5. The van der Waals surface area contributed by atoms with Crippen molar-refractivity contribution in [2.24, 2.45) is 10.7 Å². The fourth-order valence-corrected chi connectivity index (χ4v) is 1.75. The van der Waals surface area contributed by atoms with Crippen molar-refractivity contribution in [2.75, 3.05) is 6.26 Å². The molecule has 0 atom stereocenters. The average molecular weight is 293 g/mol. The number of carbonyl (C=O) groups is 1. The van der Waals surface area contributed by atoms with Gasteiger partial charge in [-0.15, -0.1) is 0 Å². The van der Waals surface area contributed by atoms with Crippen LogP contribution in [0.3, 0.4) is 0 Å². The number of carbonyl (C=O) groups excluding carboxylic acids is 1. The molecule has 0 saturated heterocycles. The summed E-state index contributed by atoms with van der Waals surface area (Å²) in [4.78, 5) is 25.6. The van der Waals surface area contributed by atoms with Crippen molar-refractivity contribution in [3.63, 3.8) is 0 Å². The predicted molar refractivity (Wildman–Crippen MR) is 75.7 cm³/mol. The van der Waals surface area contributed by atoms with E-state index in [9.17, 15) is 14.9 Å². The Hall–Kier alpha value is -2.60. The van der Waals surface area contributed by atoms with Crippen LogP contribution in [0.4, 0.5) is 11.4 Å². The van der Waals surface area contributed by atoms with Crippen molar-refractivity contribution in [1.29, 1.82) is 5.26 Å². The van der Waals surface area contributed by atoms with Crippen LogP contribution in [0.2, 0.25) is 0 Å². The highest BCUT2D eigenvalue weighted by atomic mass is 32.2. The van der Waals surface area contributed by atoms with Crippen LogP contribution in [0, 0.1) is 28.5 Å². The van der Waals surface area contributed by atoms with Gasteiger partial charge in [0.25, 0.3) is 5.69 Å². The van der Waals surface area contributed by atoms with Crippen LogP contribution in [0.25, 0.3) is 0 Å². The number of primary amides is 1. The van der Waals surface area contributed by atoms with Gasteiger partial charge in [-0.1, -0.05) is 11.8 Å². The molecular formula is C11H11N5O3S. The Balaban J connectivity index is 3.49. The Bertz CT molecular complexity index is 636. The smallest absolute Gasteiger partial charge is 0.275 e. The molecule has 1 aromatic carbocycles. The van der Waals surface area contributed by atoms with Gasteiger partial charge in [0.2, 0.25) is 5.91 Å². The molecule has 104 valence electrons. The molecular weight excluding hydrogens is 282 g/mol. The van der Waals surface area contributed by atoms with Crippen LogP contribution in [0.15, 0.2) is 17.1 Å². The summed E-state index contributed by atoms with van der Waals surface area (Å²) in [5.74, 6) is -0.788. The Morgan fingerprint density at radius 3 is 2.70 bits per heavy atom. The zero-order valence-corrected chi connectivity index (χ0v) is 11.5. The molecule has 0 aliphatic carbocycles. The van der Waals surface area contributed by atoms with Gasteiger partial charge in [-0.25, -0.2) is 4.99 Å². The highest BCUT2D eigenvalue weighted by molar-refractivity contribution is 8.13. The normalized spacial score (nSPS) is 10.8. The largest absolute Gasteiger partial charge is 0.366 e. The standard InChI is InChI=1S/C11H11N5O3S/c1-6-8(15-11(20-2)14-5-12)3-7(10(13)17)4-9(6)16(18)19/h3-4H,1-2H3,(H2,13,17)(H,14,15). The number of amidine groups is 1. The minimum absolute atomic E-state index is 0.0153. The van der Waals surface area contributed by atoms with E-state index < -0.39 is 10.8 Å². The molecule has 0 aliphatic rings. The maximum atomic E-state index is 11.2. The van der Waals surface area contributed by atoms with Gasteiger partial charge in [0, 0.05) is 11.6 Å². The Labute approximate surface area is 118 Å². The number of hydrogen-bond donors (Lipinski definition) is 2. The number of amides is 1. The lowest BCUT2D eigenvalue weighted by molar-refractivity contribution is -0.385. The number of benzene rings is 1. The third-order valence-corrected chi connectivity index (χ3v) is 2.99. The zero-order chi connectivity index (χ0) is 15.3. The van der Waals surface area contributed by atoms with E-state index in [-0.39, 0.29) is 27.7 Å². The van der Waals surface area contributed by atoms with Gasteiger partial charge in [-0.05, 0) is 19.2 Å². The predicted octanol–water partition coefficient (Wildman–Crippen LogP) is 1.42. The highest BCUT2D eigenvalue weighted by Crippen LogP contribution is 2.30. The monoisotopic (exact) mass is 293 g/mol. The third-order valence-electron chi connectivity index (χ3n) is 2.41. The molecule has 0 aromatic heterocycles. The van der Waals surface area contributed by atoms with E-state index in [0.29, 0.717) is 0 Å². The van der Waals surface area contributed by atoms with Crippen LogP contribution >= 0.6 is 11.8 Å². The minimum Gasteiger partial charge on any atom is -0.366 e. The fourth-order valence-electron chi connectivity index (χ4n) is 1.41. The van der Waals surface area contributed by atoms with Gasteiger partial charge < -0.3 is 5.73 Å². The zero-order valence-electron chi connectivity index (χ0n) is 10.7. The van der Waals surface area contributed by atoms with Crippen molar-refractivity contribution < 1.29 is 9.72 Å². The summed E-state index contributed by atoms with van der Waals surface area (Å²) in [7, 11) is 0. The van der Waals surface area contributed by atoms with Gasteiger partial charge >= 0.3 is 0 Å². The molecule has 1 rings (SSSR count). The number of nitriles is 1. The molecule has 0 unspecified atom stereocenters. The number of nitro groups is 1. The summed E-state index contributed by atoms with van der Waals surface area (Å²) < 4.78 is 0. The molecule has 0 fully saturated rings. The second kappa shape index (κ2) is 6.53. The van der Waals surface area contributed by atoms with Crippen molar-refractivity contribution in [2.45, 2.75) is 6.92 Å². The molecule has 8 nitrogen and oxygen atoms in total. The molecule has 0 bridgehead atoms. The highest BCUT2D eigenvalue weighted by Gasteiger charge is 2.18. The van der Waals surface area contributed by atoms with E-state index >= 15 is 0 Å². The fraction of sp³-hybridized carbons (Fsp3) is 0.182. The van der Waals surface area contributed by atoms with Crippen LogP contribution in [0.5, 0.6) is 0 Å². The lowest BCUT2D eigenvalue weighted by Crippen LogP contribution is -2.14. The minimum atomic E-state index is -0.788. The summed E-state index contributed by atoms with van der Waals surface area (Å²) in [6, 6.07) is 2.45. The van der Waals surface area contributed by atoms with Crippen molar-refractivity contribution in [3.8, 4) is 6.19 Å². The first-order valence-electron chi connectivity index (χ1n) is 5.27. The summed E-state index contributed by atoms with van der Waals surface area (Å²) in [6.07, 6.45) is 3.39. The maximum absolute atomic E-state index is 11.2. The number of rotatable bonds is 3. The van der Waals surface area contributed by atoms with Crippen LogP contribution in [-0.4, -0.2) is 22.3 Å². The summed E-state index contributed by atoms with van der Waals surface area (Å²) in [6.45, 7) is 1.51. The van der Waals surface area contributed by atoms with Crippen molar-refractivity contribution in [1.82, 2.24) is 5.32 Å². The third kappa shape index (κ3) is 3.46. The van der Waals surface area contributed by atoms with E-state index in [1.807, 2.05) is 0 Å².